The molecule has 1 aromatic rings. The van der Waals surface area contributed by atoms with E-state index in [2.05, 4.69) is 5.32 Å². The Morgan fingerprint density at radius 2 is 1.83 bits per heavy atom. The van der Waals surface area contributed by atoms with Gasteiger partial charge in [0, 0.05) is 32.1 Å². The molecule has 1 heterocycles. The molecular weight excluding hydrogens is 442 g/mol. The summed E-state index contributed by atoms with van der Waals surface area (Å²) in [5, 5.41) is 2.92. The van der Waals surface area contributed by atoms with Crippen LogP contribution in [0.4, 0.5) is 0 Å². The number of benzene rings is 1. The number of nitrogens with zero attached hydrogens (tertiary/aromatic N) is 2. The summed E-state index contributed by atoms with van der Waals surface area (Å²) in [5.74, 6) is 0.559. The Balaban J connectivity index is 1.48. The molecule has 7 heteroatoms. The van der Waals surface area contributed by atoms with Crippen molar-refractivity contribution in [1.82, 2.24) is 15.1 Å². The quantitative estimate of drug-likeness (QED) is 0.518. The summed E-state index contributed by atoms with van der Waals surface area (Å²) in [7, 11) is 0. The third-order valence-corrected chi connectivity index (χ3v) is 7.64. The number of carbonyl (C=O) groups is 3. The summed E-state index contributed by atoms with van der Waals surface area (Å²) in [6.07, 6.45) is 7.47. The highest BCUT2D eigenvalue weighted by atomic mass is 16.5. The lowest BCUT2D eigenvalue weighted by molar-refractivity contribution is -0.145. The van der Waals surface area contributed by atoms with E-state index in [0.29, 0.717) is 38.6 Å². The summed E-state index contributed by atoms with van der Waals surface area (Å²) in [4.78, 5) is 42.6. The van der Waals surface area contributed by atoms with Gasteiger partial charge in [-0.2, -0.15) is 0 Å². The van der Waals surface area contributed by atoms with Crippen LogP contribution in [-0.4, -0.2) is 65.8 Å². The lowest BCUT2D eigenvalue weighted by atomic mass is 9.97. The molecule has 1 saturated heterocycles. The molecule has 2 fully saturated rings. The maximum absolute atomic E-state index is 13.4. The fourth-order valence-electron chi connectivity index (χ4n) is 5.23. The first kappa shape index (κ1) is 27.2. The van der Waals surface area contributed by atoms with E-state index in [1.54, 1.807) is 0 Å². The van der Waals surface area contributed by atoms with Crippen LogP contribution in [0.25, 0.3) is 0 Å². The molecule has 35 heavy (non-hydrogen) atoms. The van der Waals surface area contributed by atoms with Gasteiger partial charge in [-0.15, -0.1) is 0 Å². The molecule has 1 aliphatic carbocycles. The van der Waals surface area contributed by atoms with Gasteiger partial charge in [-0.3, -0.25) is 14.4 Å². The maximum Gasteiger partial charge on any atom is 0.246 e. The van der Waals surface area contributed by atoms with Crippen LogP contribution >= 0.6 is 0 Å². The van der Waals surface area contributed by atoms with Crippen LogP contribution in [0.3, 0.4) is 0 Å². The SMILES string of the molecule is CCC(C)C(NC(=O)COCc1ccccc1)C(=O)N1CCN(C(=O)CCC2CCCC2)C(C)C1. The van der Waals surface area contributed by atoms with E-state index in [1.165, 1.54) is 25.7 Å². The van der Waals surface area contributed by atoms with Crippen molar-refractivity contribution in [2.24, 2.45) is 11.8 Å². The Labute approximate surface area is 210 Å². The highest BCUT2D eigenvalue weighted by molar-refractivity contribution is 5.88. The molecule has 194 valence electrons. The molecular formula is C28H43N3O4. The number of amides is 3. The number of hydrogen-bond donors (Lipinski definition) is 1. The summed E-state index contributed by atoms with van der Waals surface area (Å²) >= 11 is 0. The van der Waals surface area contributed by atoms with Crippen LogP contribution in [0.5, 0.6) is 0 Å². The number of nitrogens with one attached hydrogen (secondary N) is 1. The van der Waals surface area contributed by atoms with Gasteiger partial charge in [0.25, 0.3) is 0 Å². The van der Waals surface area contributed by atoms with Gasteiger partial charge in [0.15, 0.2) is 0 Å². The summed E-state index contributed by atoms with van der Waals surface area (Å²) in [6, 6.07) is 9.08. The molecule has 1 saturated carbocycles. The molecule has 1 aromatic carbocycles. The van der Waals surface area contributed by atoms with Gasteiger partial charge < -0.3 is 19.9 Å². The highest BCUT2D eigenvalue weighted by Gasteiger charge is 2.35. The van der Waals surface area contributed by atoms with Gasteiger partial charge >= 0.3 is 0 Å². The molecule has 0 radical (unpaired) electrons. The van der Waals surface area contributed by atoms with E-state index < -0.39 is 6.04 Å². The van der Waals surface area contributed by atoms with Crippen molar-refractivity contribution in [3.63, 3.8) is 0 Å². The number of carbonyl (C=O) groups excluding carboxylic acids is 3. The molecule has 0 bridgehead atoms. The lowest BCUT2D eigenvalue weighted by Crippen LogP contribution is -2.60. The van der Waals surface area contributed by atoms with Crippen LogP contribution in [-0.2, 0) is 25.7 Å². The van der Waals surface area contributed by atoms with E-state index >= 15 is 0 Å². The molecule has 2 aliphatic rings. The number of piperazine rings is 1. The molecule has 3 amide bonds. The average Bonchev–Trinajstić information content (AvgIpc) is 3.39. The fraction of sp³-hybridized carbons (Fsp3) is 0.679. The van der Waals surface area contributed by atoms with E-state index in [-0.39, 0.29) is 36.3 Å². The van der Waals surface area contributed by atoms with Crippen LogP contribution in [0.15, 0.2) is 30.3 Å². The summed E-state index contributed by atoms with van der Waals surface area (Å²) in [5.41, 5.74) is 1.000. The van der Waals surface area contributed by atoms with Crippen LogP contribution < -0.4 is 5.32 Å². The van der Waals surface area contributed by atoms with Gasteiger partial charge in [0.2, 0.25) is 17.7 Å². The van der Waals surface area contributed by atoms with E-state index in [9.17, 15) is 14.4 Å². The predicted molar refractivity (Wildman–Crippen MR) is 136 cm³/mol. The normalized spacial score (nSPS) is 20.5. The highest BCUT2D eigenvalue weighted by Crippen LogP contribution is 2.29. The Morgan fingerprint density at radius 1 is 1.11 bits per heavy atom. The zero-order valence-corrected chi connectivity index (χ0v) is 21.7. The second-order valence-corrected chi connectivity index (χ2v) is 10.3. The van der Waals surface area contributed by atoms with Gasteiger partial charge in [0.1, 0.15) is 12.6 Å². The molecule has 7 nitrogen and oxygen atoms in total. The van der Waals surface area contributed by atoms with Crippen molar-refractivity contribution in [3.05, 3.63) is 35.9 Å². The minimum atomic E-state index is -0.593. The molecule has 0 spiro atoms. The third kappa shape index (κ3) is 8.06. The molecule has 3 atom stereocenters. The molecule has 1 aliphatic heterocycles. The Bertz CT molecular complexity index is 825. The summed E-state index contributed by atoms with van der Waals surface area (Å²) in [6.45, 7) is 7.84. The maximum atomic E-state index is 13.4. The molecule has 3 rings (SSSR count). The van der Waals surface area contributed by atoms with Crippen molar-refractivity contribution >= 4 is 17.7 Å². The molecule has 0 aromatic heterocycles. The minimum absolute atomic E-state index is 0.00181. The Morgan fingerprint density at radius 3 is 2.49 bits per heavy atom. The monoisotopic (exact) mass is 485 g/mol. The first-order chi connectivity index (χ1) is 16.9. The van der Waals surface area contributed by atoms with Crippen molar-refractivity contribution in [1.29, 1.82) is 0 Å². The van der Waals surface area contributed by atoms with Crippen LogP contribution in [0, 0.1) is 11.8 Å². The second kappa shape index (κ2) is 13.6. The first-order valence-electron chi connectivity index (χ1n) is 13.4. The Hall–Kier alpha value is -2.41. The van der Waals surface area contributed by atoms with E-state index in [4.69, 9.17) is 4.74 Å². The first-order valence-corrected chi connectivity index (χ1v) is 13.4. The number of rotatable bonds is 11. The second-order valence-electron chi connectivity index (χ2n) is 10.3. The fourth-order valence-corrected chi connectivity index (χ4v) is 5.23. The van der Waals surface area contributed by atoms with Crippen LogP contribution in [0.1, 0.15) is 71.3 Å². The minimum Gasteiger partial charge on any atom is -0.367 e. The van der Waals surface area contributed by atoms with Crippen molar-refractivity contribution in [3.8, 4) is 0 Å². The third-order valence-electron chi connectivity index (χ3n) is 7.64. The number of ether oxygens (including phenoxy) is 1. The van der Waals surface area contributed by atoms with Gasteiger partial charge in [-0.1, -0.05) is 76.3 Å². The summed E-state index contributed by atoms with van der Waals surface area (Å²) < 4.78 is 5.56. The van der Waals surface area contributed by atoms with E-state index in [1.807, 2.05) is 60.9 Å². The number of hydrogen-bond acceptors (Lipinski definition) is 4. The Kier molecular flexibility index (Phi) is 10.6. The smallest absolute Gasteiger partial charge is 0.246 e. The largest absolute Gasteiger partial charge is 0.367 e. The zero-order valence-electron chi connectivity index (χ0n) is 21.7. The lowest BCUT2D eigenvalue weighted by Gasteiger charge is -2.41. The predicted octanol–water partition coefficient (Wildman–Crippen LogP) is 3.76. The van der Waals surface area contributed by atoms with Crippen molar-refractivity contribution in [2.45, 2.75) is 84.4 Å². The zero-order chi connectivity index (χ0) is 25.2. The van der Waals surface area contributed by atoms with Crippen molar-refractivity contribution in [2.75, 3.05) is 26.2 Å². The standard InChI is InChI=1S/C28H43N3O4/c1-4-21(2)27(29-25(32)20-35-19-24-12-6-5-7-13-24)28(34)30-16-17-31(22(3)18-30)26(33)15-14-23-10-8-9-11-23/h5-7,12-13,21-23,27H,4,8-11,14-20H2,1-3H3,(H,29,32). The molecule has 1 N–H and O–H groups in total. The topological polar surface area (TPSA) is 79.0 Å². The van der Waals surface area contributed by atoms with Crippen LogP contribution in [0.2, 0.25) is 0 Å². The van der Waals surface area contributed by atoms with E-state index in [0.717, 1.165) is 18.4 Å². The average molecular weight is 486 g/mol. The van der Waals surface area contributed by atoms with Gasteiger partial charge in [-0.05, 0) is 30.7 Å². The van der Waals surface area contributed by atoms with Gasteiger partial charge in [-0.25, -0.2) is 0 Å². The van der Waals surface area contributed by atoms with Crippen molar-refractivity contribution < 1.29 is 19.1 Å². The molecule has 3 unspecified atom stereocenters. The van der Waals surface area contributed by atoms with Gasteiger partial charge in [0.05, 0.1) is 6.61 Å².